The highest BCUT2D eigenvalue weighted by Crippen LogP contribution is 2.59. The summed E-state index contributed by atoms with van der Waals surface area (Å²) in [6.45, 7) is 7.66. The summed E-state index contributed by atoms with van der Waals surface area (Å²) in [6, 6.07) is 6.30. The van der Waals surface area contributed by atoms with Crippen LogP contribution in [-0.4, -0.2) is 76.5 Å². The lowest BCUT2D eigenvalue weighted by molar-refractivity contribution is -0.150. The van der Waals surface area contributed by atoms with Crippen molar-refractivity contribution in [2.24, 2.45) is 29.1 Å². The van der Waals surface area contributed by atoms with Gasteiger partial charge < -0.3 is 20.4 Å². The summed E-state index contributed by atoms with van der Waals surface area (Å²) in [5.74, 6) is -3.16. The first-order valence-corrected chi connectivity index (χ1v) is 15.1. The number of para-hydroxylation sites is 1. The number of anilines is 1. The molecular weight excluding hydrogens is 556 g/mol. The molecule has 0 aromatic heterocycles. The lowest BCUT2D eigenvalue weighted by atomic mass is 9.77. The highest BCUT2D eigenvalue weighted by Gasteiger charge is 2.65. The van der Waals surface area contributed by atoms with Crippen LogP contribution in [0, 0.1) is 40.4 Å². The van der Waals surface area contributed by atoms with Crippen molar-refractivity contribution in [2.45, 2.75) is 89.3 Å². The van der Waals surface area contributed by atoms with Gasteiger partial charge in [0, 0.05) is 25.2 Å². The fraction of sp³-hybridized carbons (Fsp3) is 0.656. The quantitative estimate of drug-likeness (QED) is 0.554. The maximum atomic E-state index is 15.2. The summed E-state index contributed by atoms with van der Waals surface area (Å²) in [5.41, 5.74) is -2.80. The number of halogens is 2. The van der Waals surface area contributed by atoms with Crippen molar-refractivity contribution in [3.8, 4) is 6.07 Å². The number of nitrogens with zero attached hydrogens (tertiary/aromatic N) is 3. The van der Waals surface area contributed by atoms with Crippen molar-refractivity contribution in [1.82, 2.24) is 15.1 Å². The van der Waals surface area contributed by atoms with Gasteiger partial charge in [-0.3, -0.25) is 19.2 Å². The van der Waals surface area contributed by atoms with Gasteiger partial charge in [0.2, 0.25) is 17.7 Å². The molecule has 9 nitrogen and oxygen atoms in total. The van der Waals surface area contributed by atoms with Gasteiger partial charge in [-0.2, -0.15) is 5.26 Å². The number of hydrogen-bond acceptors (Lipinski definition) is 5. The third-order valence-electron chi connectivity index (χ3n) is 10.6. The predicted molar refractivity (Wildman–Crippen MR) is 153 cm³/mol. The molecule has 2 aliphatic carbocycles. The zero-order chi connectivity index (χ0) is 31.2. The molecule has 3 heterocycles. The van der Waals surface area contributed by atoms with E-state index in [0.717, 1.165) is 19.4 Å². The fourth-order valence-corrected chi connectivity index (χ4v) is 8.52. The van der Waals surface area contributed by atoms with Crippen LogP contribution in [0.3, 0.4) is 0 Å². The number of alkyl halides is 2. The number of rotatable bonds is 4. The minimum absolute atomic E-state index is 0.0229. The summed E-state index contributed by atoms with van der Waals surface area (Å²) in [7, 11) is 0. The van der Waals surface area contributed by atoms with Crippen LogP contribution in [0.2, 0.25) is 0 Å². The monoisotopic (exact) mass is 595 g/mol. The number of hydrogen-bond donors (Lipinski definition) is 2. The largest absolute Gasteiger partial charge is 0.341 e. The van der Waals surface area contributed by atoms with Crippen LogP contribution in [0.1, 0.15) is 59.4 Å². The summed E-state index contributed by atoms with van der Waals surface area (Å²) >= 11 is 0. The van der Waals surface area contributed by atoms with Gasteiger partial charge in [0.1, 0.15) is 24.3 Å². The van der Waals surface area contributed by atoms with Crippen molar-refractivity contribution in [3.63, 3.8) is 0 Å². The highest BCUT2D eigenvalue weighted by atomic mass is 19.1. The molecule has 4 amide bonds. The van der Waals surface area contributed by atoms with E-state index in [0.29, 0.717) is 18.5 Å². The number of nitrogens with one attached hydrogen (secondary N) is 2. The van der Waals surface area contributed by atoms with E-state index in [-0.39, 0.29) is 37.3 Å². The van der Waals surface area contributed by atoms with Crippen molar-refractivity contribution in [1.29, 1.82) is 5.26 Å². The molecule has 6 rings (SSSR count). The van der Waals surface area contributed by atoms with E-state index < -0.39 is 70.4 Å². The molecule has 43 heavy (non-hydrogen) atoms. The Kier molecular flexibility index (Phi) is 6.68. The summed E-state index contributed by atoms with van der Waals surface area (Å²) in [4.78, 5) is 57.9. The first kappa shape index (κ1) is 29.5. The van der Waals surface area contributed by atoms with Gasteiger partial charge in [0.05, 0.1) is 11.5 Å². The number of likely N-dealkylation sites (tertiary alicyclic amines) is 2. The van der Waals surface area contributed by atoms with Crippen LogP contribution < -0.4 is 10.6 Å². The molecule has 0 unspecified atom stereocenters. The van der Waals surface area contributed by atoms with Crippen molar-refractivity contribution >= 4 is 29.3 Å². The van der Waals surface area contributed by atoms with Gasteiger partial charge in [0.15, 0.2) is 5.67 Å². The first-order chi connectivity index (χ1) is 20.1. The number of nitriles is 1. The second-order valence-electron chi connectivity index (χ2n) is 14.7. The zero-order valence-electron chi connectivity index (χ0n) is 25.2. The van der Waals surface area contributed by atoms with Gasteiger partial charge in [-0.1, -0.05) is 39.0 Å². The molecule has 2 saturated carbocycles. The van der Waals surface area contributed by atoms with E-state index in [1.807, 2.05) is 12.1 Å². The molecule has 5 aliphatic rings. The molecule has 9 atom stereocenters. The van der Waals surface area contributed by atoms with Crippen LogP contribution in [0.15, 0.2) is 24.3 Å². The SMILES string of the molecule is CC(C)(F)C(=O)N[C@H](C(=O)N1C[C@@H]2[C@H]3C[C@@H]([C@@H]2[C@H]1C(=O)N1C[C@]2(C[C@H]1C#N)C(=O)Nc1ccccc12)[C@H](F)C3)C(C)(C)C. The Morgan fingerprint density at radius 3 is 2.47 bits per heavy atom. The topological polar surface area (TPSA) is 123 Å². The zero-order valence-corrected chi connectivity index (χ0v) is 25.2. The second-order valence-corrected chi connectivity index (χ2v) is 14.7. The normalized spacial score (nSPS) is 35.0. The van der Waals surface area contributed by atoms with Crippen LogP contribution in [0.25, 0.3) is 0 Å². The molecule has 0 radical (unpaired) electrons. The Labute approximate surface area is 250 Å². The lowest BCUT2D eigenvalue weighted by Gasteiger charge is -2.39. The van der Waals surface area contributed by atoms with E-state index in [4.69, 9.17) is 0 Å². The van der Waals surface area contributed by atoms with Crippen LogP contribution in [0.5, 0.6) is 0 Å². The number of fused-ring (bicyclic) bond motifs is 7. The van der Waals surface area contributed by atoms with Crippen LogP contribution in [-0.2, 0) is 24.6 Å². The number of benzene rings is 1. The summed E-state index contributed by atoms with van der Waals surface area (Å²) < 4.78 is 29.8. The Balaban J connectivity index is 1.37. The van der Waals surface area contributed by atoms with E-state index in [2.05, 4.69) is 16.7 Å². The Bertz CT molecular complexity index is 1430. The van der Waals surface area contributed by atoms with Crippen LogP contribution in [0.4, 0.5) is 14.5 Å². The summed E-state index contributed by atoms with van der Waals surface area (Å²) in [6.07, 6.45) is 0.0384. The smallest absolute Gasteiger partial charge is 0.257 e. The summed E-state index contributed by atoms with van der Waals surface area (Å²) in [5, 5.41) is 15.7. The van der Waals surface area contributed by atoms with E-state index in [1.165, 1.54) is 9.80 Å². The van der Waals surface area contributed by atoms with E-state index in [1.54, 1.807) is 32.9 Å². The Morgan fingerprint density at radius 2 is 1.81 bits per heavy atom. The number of carbonyl (C=O) groups is 4. The van der Waals surface area contributed by atoms with Gasteiger partial charge in [0.25, 0.3) is 5.91 Å². The first-order valence-electron chi connectivity index (χ1n) is 15.1. The molecule has 1 aromatic carbocycles. The Morgan fingerprint density at radius 1 is 1.12 bits per heavy atom. The average Bonchev–Trinajstić information content (AvgIpc) is 3.72. The second kappa shape index (κ2) is 9.73. The van der Waals surface area contributed by atoms with E-state index in [9.17, 15) is 28.8 Å². The van der Waals surface area contributed by atoms with Gasteiger partial charge in [-0.05, 0) is 67.4 Å². The predicted octanol–water partition coefficient (Wildman–Crippen LogP) is 3.10. The Hall–Kier alpha value is -3.55. The van der Waals surface area contributed by atoms with Gasteiger partial charge >= 0.3 is 0 Å². The molecule has 1 spiro atoms. The molecule has 3 aliphatic heterocycles. The van der Waals surface area contributed by atoms with Crippen molar-refractivity contribution in [2.75, 3.05) is 18.4 Å². The molecule has 230 valence electrons. The van der Waals surface area contributed by atoms with Crippen LogP contribution >= 0.6 is 0 Å². The maximum absolute atomic E-state index is 15.2. The molecular formula is C32H39F2N5O4. The average molecular weight is 596 g/mol. The lowest BCUT2D eigenvalue weighted by Crippen LogP contribution is -2.61. The standard InChI is InChI=1S/C32H39F2N5O4/c1-30(2,3)25(37-28(42)31(4,5)34)27(41)38-14-19-16-10-18(21(33)11-16)23(19)24(38)26(40)39-15-32(12-17(39)13-35)20-8-6-7-9-22(20)36-29(32)43/h6-9,16-19,21,23-25H,10-12,14-15H2,1-5H3,(H,36,43)(H,37,42)/t16-,17-,18+,19+,21+,23-,24-,25+,32-/m0/s1. The molecule has 2 saturated heterocycles. The van der Waals surface area contributed by atoms with E-state index >= 15 is 4.39 Å². The molecule has 2 bridgehead atoms. The van der Waals surface area contributed by atoms with Gasteiger partial charge in [-0.15, -0.1) is 0 Å². The number of carbonyl (C=O) groups excluding carboxylic acids is 4. The minimum Gasteiger partial charge on any atom is -0.341 e. The van der Waals surface area contributed by atoms with Gasteiger partial charge in [-0.25, -0.2) is 8.78 Å². The number of amides is 4. The van der Waals surface area contributed by atoms with Crippen molar-refractivity contribution < 1.29 is 28.0 Å². The molecule has 1 aromatic rings. The molecule has 2 N–H and O–H groups in total. The third kappa shape index (κ3) is 4.42. The molecule has 11 heteroatoms. The minimum atomic E-state index is -2.23. The molecule has 4 fully saturated rings. The van der Waals surface area contributed by atoms with Crippen molar-refractivity contribution in [3.05, 3.63) is 29.8 Å². The maximum Gasteiger partial charge on any atom is 0.257 e. The third-order valence-corrected chi connectivity index (χ3v) is 10.6. The fourth-order valence-electron chi connectivity index (χ4n) is 8.52. The highest BCUT2D eigenvalue weighted by molar-refractivity contribution is 6.07.